The Balaban J connectivity index is 0.00000149. The summed E-state index contributed by atoms with van der Waals surface area (Å²) in [7, 11) is 0. The number of pyridine rings is 2. The molecule has 0 unspecified atom stereocenters. The lowest BCUT2D eigenvalue weighted by Gasteiger charge is -2.11. The summed E-state index contributed by atoms with van der Waals surface area (Å²) in [5.74, 6) is 0.714. The molecule has 0 aliphatic rings. The average molecular weight is 444 g/mol. The van der Waals surface area contributed by atoms with E-state index in [1.807, 2.05) is 48.7 Å². The highest BCUT2D eigenvalue weighted by molar-refractivity contribution is 5.85. The fraction of sp³-hybridized carbons (Fsp3) is 0.222. The highest BCUT2D eigenvalue weighted by Gasteiger charge is 2.19. The van der Waals surface area contributed by atoms with Crippen LogP contribution in [0.4, 0.5) is 10.2 Å². The van der Waals surface area contributed by atoms with Gasteiger partial charge in [0, 0.05) is 17.5 Å². The van der Waals surface area contributed by atoms with Gasteiger partial charge in [-0.25, -0.2) is 19.3 Å². The van der Waals surface area contributed by atoms with E-state index in [1.54, 1.807) is 32.2 Å². The molecule has 0 saturated heterocycles. The third kappa shape index (κ3) is 4.70. The van der Waals surface area contributed by atoms with Gasteiger partial charge in [0.15, 0.2) is 11.5 Å². The number of fused-ring (bicyclic) bond motifs is 1. The molecule has 0 amide bonds. The Hall–Kier alpha value is -3.80. The van der Waals surface area contributed by atoms with E-state index in [0.717, 1.165) is 12.1 Å². The number of hydrogen-bond donors (Lipinski definition) is 1. The lowest BCUT2D eigenvalue weighted by Crippen LogP contribution is -2.02. The zero-order valence-corrected chi connectivity index (χ0v) is 19.8. The Bertz CT molecular complexity index is 1300. The van der Waals surface area contributed by atoms with Gasteiger partial charge in [-0.05, 0) is 62.2 Å². The second-order valence-corrected chi connectivity index (χ2v) is 7.11. The molecule has 0 aliphatic carbocycles. The van der Waals surface area contributed by atoms with E-state index >= 15 is 0 Å². The summed E-state index contributed by atoms with van der Waals surface area (Å²) in [5.41, 5.74) is 11.3. The number of nitrogen functional groups attached to an aromatic ring is 1. The van der Waals surface area contributed by atoms with Crippen molar-refractivity contribution in [2.45, 2.75) is 41.0 Å². The van der Waals surface area contributed by atoms with Crippen LogP contribution in [-0.2, 0) is 6.42 Å². The van der Waals surface area contributed by atoms with Crippen molar-refractivity contribution >= 4 is 22.6 Å². The van der Waals surface area contributed by atoms with Crippen molar-refractivity contribution in [2.24, 2.45) is 0 Å². The van der Waals surface area contributed by atoms with E-state index in [0.29, 0.717) is 39.6 Å². The van der Waals surface area contributed by atoms with Gasteiger partial charge in [-0.1, -0.05) is 45.1 Å². The molecule has 1 aromatic carbocycles. The molecule has 3 heterocycles. The molecule has 2 N–H and O–H groups in total. The van der Waals surface area contributed by atoms with Crippen LogP contribution in [0.5, 0.6) is 0 Å². The number of aromatic nitrogens is 4. The second-order valence-electron chi connectivity index (χ2n) is 7.11. The highest BCUT2D eigenvalue weighted by atomic mass is 19.1. The Morgan fingerprint density at radius 1 is 1.00 bits per heavy atom. The van der Waals surface area contributed by atoms with E-state index in [1.165, 1.54) is 11.6 Å². The fourth-order valence-corrected chi connectivity index (χ4v) is 3.58. The Kier molecular flexibility index (Phi) is 7.72. The number of nitrogens with zero attached hydrogens (tertiary/aromatic N) is 4. The number of halogens is 1. The van der Waals surface area contributed by atoms with Crippen molar-refractivity contribution in [3.8, 4) is 17.1 Å². The second kappa shape index (κ2) is 10.7. The molecule has 3 aromatic heterocycles. The largest absolute Gasteiger partial charge is 0.383 e. The number of rotatable bonds is 5. The maximum atomic E-state index is 14.4. The summed E-state index contributed by atoms with van der Waals surface area (Å²) >= 11 is 0. The van der Waals surface area contributed by atoms with Crippen LogP contribution in [0.15, 0.2) is 72.7 Å². The molecule has 0 bridgehead atoms. The van der Waals surface area contributed by atoms with Gasteiger partial charge < -0.3 is 5.73 Å². The van der Waals surface area contributed by atoms with Crippen LogP contribution in [0, 0.1) is 0 Å². The number of allylic oxidation sites excluding steroid dienone is 4. The summed E-state index contributed by atoms with van der Waals surface area (Å²) in [6.07, 6.45) is 5.75. The minimum atomic E-state index is -0.315. The minimum absolute atomic E-state index is 0.315. The van der Waals surface area contributed by atoms with E-state index in [2.05, 4.69) is 24.0 Å². The van der Waals surface area contributed by atoms with E-state index in [9.17, 15) is 4.39 Å². The van der Waals surface area contributed by atoms with Gasteiger partial charge in [-0.3, -0.25) is 4.57 Å². The molecule has 5 nitrogen and oxygen atoms in total. The van der Waals surface area contributed by atoms with E-state index < -0.39 is 0 Å². The Morgan fingerprint density at radius 2 is 1.73 bits per heavy atom. The van der Waals surface area contributed by atoms with Crippen molar-refractivity contribution in [3.63, 3.8) is 0 Å². The lowest BCUT2D eigenvalue weighted by molar-refractivity contribution is 0.670. The number of benzene rings is 1. The summed E-state index contributed by atoms with van der Waals surface area (Å²) in [6, 6.07) is 15.6. The number of aryl methyl sites for hydroxylation is 1. The first-order valence-corrected chi connectivity index (χ1v) is 11.3. The lowest BCUT2D eigenvalue weighted by atomic mass is 10.1. The monoisotopic (exact) mass is 443 g/mol. The first-order valence-electron chi connectivity index (χ1n) is 11.3. The van der Waals surface area contributed by atoms with Gasteiger partial charge in [0.2, 0.25) is 0 Å². The quantitative estimate of drug-likeness (QED) is 0.340. The molecular weight excluding hydrogens is 413 g/mol. The predicted molar refractivity (Wildman–Crippen MR) is 136 cm³/mol. The molecule has 0 spiro atoms. The highest BCUT2D eigenvalue weighted by Crippen LogP contribution is 2.32. The van der Waals surface area contributed by atoms with Crippen LogP contribution in [-0.4, -0.2) is 19.5 Å². The zero-order valence-electron chi connectivity index (χ0n) is 19.8. The van der Waals surface area contributed by atoms with Gasteiger partial charge in [-0.2, -0.15) is 0 Å². The van der Waals surface area contributed by atoms with Gasteiger partial charge in [0.1, 0.15) is 17.2 Å². The van der Waals surface area contributed by atoms with Crippen LogP contribution in [0.3, 0.4) is 0 Å². The third-order valence-electron chi connectivity index (χ3n) is 5.26. The van der Waals surface area contributed by atoms with Crippen LogP contribution >= 0.6 is 0 Å². The van der Waals surface area contributed by atoms with Gasteiger partial charge >= 0.3 is 0 Å². The van der Waals surface area contributed by atoms with Crippen LogP contribution in [0.25, 0.3) is 33.8 Å². The topological polar surface area (TPSA) is 69.6 Å². The SMILES string of the molecule is C/C=C(\C(F)=C/C)c1ccc2nc(-c3cccnc3N)n(-c3ccc(CC)cc3)c2n1.CC. The molecule has 0 atom stereocenters. The molecular formula is C27H30FN5. The molecule has 6 heteroatoms. The van der Waals surface area contributed by atoms with Crippen LogP contribution in [0.1, 0.15) is 45.9 Å². The normalized spacial score (nSPS) is 11.9. The minimum Gasteiger partial charge on any atom is -0.383 e. The van der Waals surface area contributed by atoms with Crippen molar-refractivity contribution in [1.29, 1.82) is 0 Å². The number of imidazole rings is 1. The zero-order chi connectivity index (χ0) is 24.0. The van der Waals surface area contributed by atoms with E-state index in [-0.39, 0.29) is 5.83 Å². The fourth-order valence-electron chi connectivity index (χ4n) is 3.58. The van der Waals surface area contributed by atoms with Crippen molar-refractivity contribution < 1.29 is 4.39 Å². The first-order chi connectivity index (χ1) is 16.1. The number of nitrogens with two attached hydrogens (primary N) is 1. The molecule has 33 heavy (non-hydrogen) atoms. The van der Waals surface area contributed by atoms with Crippen LogP contribution < -0.4 is 5.73 Å². The molecule has 4 rings (SSSR count). The first kappa shape index (κ1) is 23.9. The predicted octanol–water partition coefficient (Wildman–Crippen LogP) is 6.93. The smallest absolute Gasteiger partial charge is 0.165 e. The molecule has 170 valence electrons. The molecule has 4 aromatic rings. The van der Waals surface area contributed by atoms with Crippen molar-refractivity contribution in [1.82, 2.24) is 19.5 Å². The van der Waals surface area contributed by atoms with E-state index in [4.69, 9.17) is 15.7 Å². The van der Waals surface area contributed by atoms with Gasteiger partial charge in [0.05, 0.1) is 11.3 Å². The van der Waals surface area contributed by atoms with Crippen LogP contribution in [0.2, 0.25) is 0 Å². The Labute approximate surface area is 194 Å². The average Bonchev–Trinajstić information content (AvgIpc) is 3.24. The number of hydrogen-bond acceptors (Lipinski definition) is 4. The maximum absolute atomic E-state index is 14.4. The molecule has 0 aliphatic heterocycles. The third-order valence-corrected chi connectivity index (χ3v) is 5.26. The standard InChI is InChI=1S/C25H24FN5.C2H6/c1-4-16-9-11-17(12-10-16)31-24(19-8-7-15-28-23(19)27)30-22-14-13-21(29-25(22)31)18(5-2)20(26)6-3;1-2/h5-15H,4H2,1-3H3,(H2,27,28);1-2H3/b18-5+,20-6+;. The molecule has 0 fully saturated rings. The summed E-state index contributed by atoms with van der Waals surface area (Å²) in [5, 5.41) is 0. The van der Waals surface area contributed by atoms with Gasteiger partial charge in [-0.15, -0.1) is 0 Å². The maximum Gasteiger partial charge on any atom is 0.165 e. The van der Waals surface area contributed by atoms with Gasteiger partial charge in [0.25, 0.3) is 0 Å². The molecule has 0 radical (unpaired) electrons. The summed E-state index contributed by atoms with van der Waals surface area (Å²) < 4.78 is 16.4. The number of anilines is 1. The summed E-state index contributed by atoms with van der Waals surface area (Å²) in [4.78, 5) is 13.8. The summed E-state index contributed by atoms with van der Waals surface area (Å²) in [6.45, 7) is 9.58. The van der Waals surface area contributed by atoms with Crippen molar-refractivity contribution in [2.75, 3.05) is 5.73 Å². The Morgan fingerprint density at radius 3 is 2.33 bits per heavy atom. The molecule has 0 saturated carbocycles. The van der Waals surface area contributed by atoms with Crippen molar-refractivity contribution in [3.05, 3.63) is 84.0 Å².